The van der Waals surface area contributed by atoms with Crippen LogP contribution in [-0.2, 0) is 9.59 Å². The molecule has 0 atom stereocenters. The molecule has 18 heavy (non-hydrogen) atoms. The van der Waals surface area contributed by atoms with Crippen LogP contribution in [0.5, 0.6) is 0 Å². The van der Waals surface area contributed by atoms with Gasteiger partial charge < -0.3 is 14.8 Å². The van der Waals surface area contributed by atoms with Gasteiger partial charge in [0.05, 0.1) is 0 Å². The van der Waals surface area contributed by atoms with Crippen LogP contribution in [-0.4, -0.2) is 22.5 Å². The number of hydrogen-bond acceptors (Lipinski definition) is 3. The van der Waals surface area contributed by atoms with Gasteiger partial charge in [-0.15, -0.1) is 0 Å². The summed E-state index contributed by atoms with van der Waals surface area (Å²) < 4.78 is 5.76. The Hall–Kier alpha value is -1.56. The molecule has 1 saturated carbocycles. The van der Waals surface area contributed by atoms with Gasteiger partial charge in [0.15, 0.2) is 4.67 Å². The Bertz CT molecular complexity index is 502. The fourth-order valence-electron chi connectivity index (χ4n) is 1.78. The minimum atomic E-state index is -1.08. The Morgan fingerprint density at radius 3 is 2.61 bits per heavy atom. The summed E-state index contributed by atoms with van der Waals surface area (Å²) in [6.45, 7) is 0. The van der Waals surface area contributed by atoms with E-state index in [4.69, 9.17) is 9.52 Å². The highest BCUT2D eigenvalue weighted by Crippen LogP contribution is 2.32. The van der Waals surface area contributed by atoms with E-state index in [0.29, 0.717) is 23.3 Å². The van der Waals surface area contributed by atoms with Crippen LogP contribution in [0.25, 0.3) is 6.08 Å². The molecule has 2 rings (SSSR count). The summed E-state index contributed by atoms with van der Waals surface area (Å²) in [4.78, 5) is 22.7. The molecule has 1 aliphatic carbocycles. The van der Waals surface area contributed by atoms with Crippen LogP contribution in [0.15, 0.2) is 27.3 Å². The van der Waals surface area contributed by atoms with E-state index in [1.54, 1.807) is 12.1 Å². The standard InChI is InChI=1S/C12H12BrNO4/c13-9-4-2-8(18-9)3-5-10(15)14-12(11(16)17)6-1-7-12/h2-5H,1,6-7H2,(H,14,15)(H,16,17)/b5-3+. The topological polar surface area (TPSA) is 79.5 Å². The van der Waals surface area contributed by atoms with Gasteiger partial charge >= 0.3 is 5.97 Å². The van der Waals surface area contributed by atoms with Crippen molar-refractivity contribution in [1.82, 2.24) is 5.32 Å². The highest BCUT2D eigenvalue weighted by molar-refractivity contribution is 9.10. The van der Waals surface area contributed by atoms with Gasteiger partial charge in [-0.05, 0) is 53.4 Å². The normalized spacial score (nSPS) is 17.4. The first-order valence-corrected chi connectivity index (χ1v) is 6.30. The van der Waals surface area contributed by atoms with Crippen molar-refractivity contribution in [1.29, 1.82) is 0 Å². The van der Waals surface area contributed by atoms with E-state index in [0.717, 1.165) is 6.42 Å². The Labute approximate surface area is 112 Å². The minimum Gasteiger partial charge on any atom is -0.480 e. The summed E-state index contributed by atoms with van der Waals surface area (Å²) in [5, 5.41) is 11.6. The van der Waals surface area contributed by atoms with E-state index in [9.17, 15) is 9.59 Å². The smallest absolute Gasteiger partial charge is 0.329 e. The lowest BCUT2D eigenvalue weighted by Crippen LogP contribution is -2.58. The van der Waals surface area contributed by atoms with E-state index >= 15 is 0 Å². The zero-order chi connectivity index (χ0) is 13.2. The number of carboxylic acid groups (broad SMARTS) is 1. The highest BCUT2D eigenvalue weighted by Gasteiger charge is 2.45. The molecule has 0 aliphatic heterocycles. The lowest BCUT2D eigenvalue weighted by Gasteiger charge is -2.37. The Morgan fingerprint density at radius 1 is 1.44 bits per heavy atom. The largest absolute Gasteiger partial charge is 0.480 e. The molecule has 0 spiro atoms. The average molecular weight is 314 g/mol. The van der Waals surface area contributed by atoms with Gasteiger partial charge in [0.25, 0.3) is 0 Å². The predicted molar refractivity (Wildman–Crippen MR) is 67.8 cm³/mol. The maximum absolute atomic E-state index is 11.6. The lowest BCUT2D eigenvalue weighted by atomic mass is 9.77. The molecule has 1 aromatic heterocycles. The Morgan fingerprint density at radius 2 is 2.17 bits per heavy atom. The van der Waals surface area contributed by atoms with E-state index in [1.807, 2.05) is 0 Å². The van der Waals surface area contributed by atoms with Crippen LogP contribution in [0.2, 0.25) is 0 Å². The van der Waals surface area contributed by atoms with Crippen molar-refractivity contribution in [2.24, 2.45) is 0 Å². The Kier molecular flexibility index (Phi) is 3.56. The van der Waals surface area contributed by atoms with Crippen molar-refractivity contribution in [3.05, 3.63) is 28.6 Å². The van der Waals surface area contributed by atoms with Crippen molar-refractivity contribution >= 4 is 33.9 Å². The summed E-state index contributed by atoms with van der Waals surface area (Å²) in [6, 6.07) is 3.41. The van der Waals surface area contributed by atoms with Gasteiger partial charge in [0, 0.05) is 6.08 Å². The number of aliphatic carboxylic acids is 1. The first kappa shape index (κ1) is 12.9. The number of furan rings is 1. The van der Waals surface area contributed by atoms with Gasteiger partial charge in [-0.3, -0.25) is 4.79 Å². The molecule has 96 valence electrons. The maximum atomic E-state index is 11.6. The van der Waals surface area contributed by atoms with E-state index in [1.165, 1.54) is 12.2 Å². The molecule has 1 amide bonds. The van der Waals surface area contributed by atoms with Crippen molar-refractivity contribution in [2.75, 3.05) is 0 Å². The molecule has 2 N–H and O–H groups in total. The fourth-order valence-corrected chi connectivity index (χ4v) is 2.09. The molecule has 0 saturated heterocycles. The highest BCUT2D eigenvalue weighted by atomic mass is 79.9. The molecule has 0 aromatic carbocycles. The van der Waals surface area contributed by atoms with Crippen LogP contribution in [0.4, 0.5) is 0 Å². The molecule has 1 aliphatic rings. The van der Waals surface area contributed by atoms with E-state index in [-0.39, 0.29) is 0 Å². The first-order valence-electron chi connectivity index (χ1n) is 5.51. The number of carbonyl (C=O) groups is 2. The van der Waals surface area contributed by atoms with Crippen LogP contribution in [0.3, 0.4) is 0 Å². The van der Waals surface area contributed by atoms with E-state index in [2.05, 4.69) is 21.2 Å². The fraction of sp³-hybridized carbons (Fsp3) is 0.333. The van der Waals surface area contributed by atoms with E-state index < -0.39 is 17.4 Å². The van der Waals surface area contributed by atoms with Crippen molar-refractivity contribution in [2.45, 2.75) is 24.8 Å². The van der Waals surface area contributed by atoms with Crippen molar-refractivity contribution < 1.29 is 19.1 Å². The molecule has 0 bridgehead atoms. The number of halogens is 1. The SMILES string of the molecule is O=C(/C=C/c1ccc(Br)o1)NC1(C(=O)O)CCC1. The van der Waals surface area contributed by atoms with Gasteiger partial charge in [-0.2, -0.15) is 0 Å². The molecule has 0 radical (unpaired) electrons. The summed E-state index contributed by atoms with van der Waals surface area (Å²) in [6.07, 6.45) is 4.55. The number of nitrogens with one attached hydrogen (secondary N) is 1. The monoisotopic (exact) mass is 313 g/mol. The number of rotatable bonds is 4. The zero-order valence-corrected chi connectivity index (χ0v) is 11.1. The molecule has 6 heteroatoms. The maximum Gasteiger partial charge on any atom is 0.329 e. The molecule has 0 unspecified atom stereocenters. The van der Waals surface area contributed by atoms with Crippen LogP contribution in [0, 0.1) is 0 Å². The molecular formula is C12H12BrNO4. The third kappa shape index (κ3) is 2.64. The van der Waals surface area contributed by atoms with Gasteiger partial charge in [-0.1, -0.05) is 0 Å². The second kappa shape index (κ2) is 4.97. The number of carbonyl (C=O) groups excluding carboxylic acids is 1. The Balaban J connectivity index is 1.96. The molecule has 1 aromatic rings. The summed E-state index contributed by atoms with van der Waals surface area (Å²) in [5.74, 6) is -0.879. The van der Waals surface area contributed by atoms with Gasteiger partial charge in [0.2, 0.25) is 5.91 Å². The predicted octanol–water partition coefficient (Wildman–Crippen LogP) is 2.18. The quantitative estimate of drug-likeness (QED) is 0.835. The van der Waals surface area contributed by atoms with Crippen LogP contribution in [0.1, 0.15) is 25.0 Å². The third-order valence-electron chi connectivity index (χ3n) is 2.97. The second-order valence-corrected chi connectivity index (χ2v) is 4.99. The molecule has 5 nitrogen and oxygen atoms in total. The third-order valence-corrected chi connectivity index (χ3v) is 3.40. The molecular weight excluding hydrogens is 302 g/mol. The second-order valence-electron chi connectivity index (χ2n) is 4.21. The summed E-state index contributed by atoms with van der Waals surface area (Å²) in [5.41, 5.74) is -1.08. The molecule has 1 fully saturated rings. The van der Waals surface area contributed by atoms with Crippen LogP contribution < -0.4 is 5.32 Å². The summed E-state index contributed by atoms with van der Waals surface area (Å²) >= 11 is 3.15. The first-order chi connectivity index (χ1) is 8.52. The number of amides is 1. The van der Waals surface area contributed by atoms with Crippen LogP contribution >= 0.6 is 15.9 Å². The zero-order valence-electron chi connectivity index (χ0n) is 9.48. The minimum absolute atomic E-state index is 0.426. The lowest BCUT2D eigenvalue weighted by molar-refractivity contribution is -0.151. The number of hydrogen-bond donors (Lipinski definition) is 2. The average Bonchev–Trinajstić information content (AvgIpc) is 2.66. The summed E-state index contributed by atoms with van der Waals surface area (Å²) in [7, 11) is 0. The van der Waals surface area contributed by atoms with Gasteiger partial charge in [-0.25, -0.2) is 4.79 Å². The van der Waals surface area contributed by atoms with Crippen molar-refractivity contribution in [3.8, 4) is 0 Å². The number of carboxylic acids is 1. The van der Waals surface area contributed by atoms with Gasteiger partial charge in [0.1, 0.15) is 11.3 Å². The molecule has 1 heterocycles. The van der Waals surface area contributed by atoms with Crippen molar-refractivity contribution in [3.63, 3.8) is 0 Å².